The van der Waals surface area contributed by atoms with E-state index in [-0.39, 0.29) is 18.9 Å². The van der Waals surface area contributed by atoms with Crippen LogP contribution in [0.4, 0.5) is 0 Å². The highest BCUT2D eigenvalue weighted by molar-refractivity contribution is 6.05. The molecular weight excluding hydrogens is 234 g/mol. The molecule has 0 aliphatic carbocycles. The predicted molar refractivity (Wildman–Crippen MR) is 65.3 cm³/mol. The van der Waals surface area contributed by atoms with Crippen LogP contribution in [0.1, 0.15) is 16.8 Å². The number of amides is 1. The Hall–Kier alpha value is -2.37. The van der Waals surface area contributed by atoms with Gasteiger partial charge in [0.15, 0.2) is 0 Å². The molecule has 6 nitrogen and oxygen atoms in total. The number of carbonyl (C=O) groups is 2. The van der Waals surface area contributed by atoms with Gasteiger partial charge < -0.3 is 15.0 Å². The fourth-order valence-electron chi connectivity index (χ4n) is 1.70. The number of carbonyl (C=O) groups excluding carboxylic acids is 1. The van der Waals surface area contributed by atoms with E-state index in [2.05, 4.69) is 9.97 Å². The summed E-state index contributed by atoms with van der Waals surface area (Å²) in [5.41, 5.74) is 1.15. The number of fused-ring (bicyclic) bond motifs is 1. The average Bonchev–Trinajstić information content (AvgIpc) is 2.78. The number of carboxylic acids is 1. The van der Waals surface area contributed by atoms with Gasteiger partial charge in [-0.15, -0.1) is 0 Å². The van der Waals surface area contributed by atoms with E-state index >= 15 is 0 Å². The van der Waals surface area contributed by atoms with Crippen LogP contribution in [0.5, 0.6) is 0 Å². The molecule has 0 bridgehead atoms. The number of rotatable bonds is 4. The van der Waals surface area contributed by atoms with E-state index in [1.54, 1.807) is 31.6 Å². The summed E-state index contributed by atoms with van der Waals surface area (Å²) >= 11 is 0. The second-order valence-corrected chi connectivity index (χ2v) is 3.97. The van der Waals surface area contributed by atoms with Crippen LogP contribution in [-0.4, -0.2) is 45.4 Å². The van der Waals surface area contributed by atoms with Crippen molar-refractivity contribution in [3.05, 3.63) is 30.1 Å². The fourth-order valence-corrected chi connectivity index (χ4v) is 1.70. The first-order chi connectivity index (χ1) is 8.59. The highest BCUT2D eigenvalue weighted by Crippen LogP contribution is 2.17. The Labute approximate surface area is 103 Å². The van der Waals surface area contributed by atoms with E-state index in [0.29, 0.717) is 11.2 Å². The topological polar surface area (TPSA) is 86.3 Å². The smallest absolute Gasteiger partial charge is 0.305 e. The van der Waals surface area contributed by atoms with Gasteiger partial charge in [-0.25, -0.2) is 4.98 Å². The van der Waals surface area contributed by atoms with Crippen LogP contribution in [0.2, 0.25) is 0 Å². The third kappa shape index (κ3) is 2.32. The van der Waals surface area contributed by atoms with Gasteiger partial charge >= 0.3 is 5.97 Å². The molecule has 0 fully saturated rings. The summed E-state index contributed by atoms with van der Waals surface area (Å²) in [5, 5.41) is 9.33. The second kappa shape index (κ2) is 4.87. The molecule has 0 saturated carbocycles. The van der Waals surface area contributed by atoms with Crippen molar-refractivity contribution < 1.29 is 14.7 Å². The standard InChI is InChI=1S/C12H13N3O3/c1-15(6-4-10(16)17)12(18)9-7-14-11-8(9)3-2-5-13-11/h2-3,5,7H,4,6H2,1H3,(H,13,14)(H,16,17). The zero-order chi connectivity index (χ0) is 13.1. The summed E-state index contributed by atoms with van der Waals surface area (Å²) in [6, 6.07) is 3.56. The van der Waals surface area contributed by atoms with Gasteiger partial charge in [0.2, 0.25) is 0 Å². The molecule has 2 heterocycles. The predicted octanol–water partition coefficient (Wildman–Crippen LogP) is 1.11. The lowest BCUT2D eigenvalue weighted by Gasteiger charge is -2.15. The molecule has 6 heteroatoms. The summed E-state index contributed by atoms with van der Waals surface area (Å²) in [5.74, 6) is -1.13. The average molecular weight is 247 g/mol. The van der Waals surface area contributed by atoms with Crippen LogP contribution in [0.15, 0.2) is 24.5 Å². The number of hydrogen-bond donors (Lipinski definition) is 2. The Morgan fingerprint density at radius 1 is 1.50 bits per heavy atom. The van der Waals surface area contributed by atoms with Crippen molar-refractivity contribution in [3.8, 4) is 0 Å². The van der Waals surface area contributed by atoms with Crippen LogP contribution in [0.3, 0.4) is 0 Å². The Morgan fingerprint density at radius 2 is 2.28 bits per heavy atom. The number of nitrogens with one attached hydrogen (secondary N) is 1. The lowest BCUT2D eigenvalue weighted by molar-refractivity contribution is -0.137. The maximum Gasteiger partial charge on any atom is 0.305 e. The van der Waals surface area contributed by atoms with Crippen molar-refractivity contribution in [2.45, 2.75) is 6.42 Å². The Kier molecular flexibility index (Phi) is 3.27. The molecule has 0 aliphatic rings. The maximum absolute atomic E-state index is 12.1. The molecule has 0 saturated heterocycles. The largest absolute Gasteiger partial charge is 0.481 e. The van der Waals surface area contributed by atoms with Crippen LogP contribution < -0.4 is 0 Å². The van der Waals surface area contributed by atoms with E-state index < -0.39 is 5.97 Å². The highest BCUT2D eigenvalue weighted by Gasteiger charge is 2.16. The number of carboxylic acid groups (broad SMARTS) is 1. The van der Waals surface area contributed by atoms with E-state index in [9.17, 15) is 9.59 Å². The number of pyridine rings is 1. The summed E-state index contributed by atoms with van der Waals surface area (Å²) in [6.45, 7) is 0.182. The third-order valence-corrected chi connectivity index (χ3v) is 2.69. The van der Waals surface area contributed by atoms with Gasteiger partial charge in [-0.3, -0.25) is 9.59 Å². The first-order valence-electron chi connectivity index (χ1n) is 5.49. The van der Waals surface area contributed by atoms with E-state index in [0.717, 1.165) is 5.39 Å². The Morgan fingerprint density at radius 3 is 3.00 bits per heavy atom. The Balaban J connectivity index is 2.20. The van der Waals surface area contributed by atoms with Crippen LogP contribution in [0, 0.1) is 0 Å². The normalized spacial score (nSPS) is 10.5. The Bertz CT molecular complexity index is 591. The number of aromatic amines is 1. The second-order valence-electron chi connectivity index (χ2n) is 3.97. The van der Waals surface area contributed by atoms with Gasteiger partial charge in [0.1, 0.15) is 5.65 Å². The fraction of sp³-hybridized carbons (Fsp3) is 0.250. The lowest BCUT2D eigenvalue weighted by Crippen LogP contribution is -2.28. The molecule has 2 aromatic heterocycles. The van der Waals surface area contributed by atoms with Gasteiger partial charge in [0.05, 0.1) is 12.0 Å². The van der Waals surface area contributed by atoms with Crippen molar-refractivity contribution in [3.63, 3.8) is 0 Å². The SMILES string of the molecule is CN(CCC(=O)O)C(=O)c1c[nH]c2ncccc12. The summed E-state index contributed by atoms with van der Waals surface area (Å²) in [7, 11) is 1.58. The molecule has 2 N–H and O–H groups in total. The minimum absolute atomic E-state index is 0.0666. The van der Waals surface area contributed by atoms with Crippen molar-refractivity contribution in [2.24, 2.45) is 0 Å². The van der Waals surface area contributed by atoms with Crippen molar-refractivity contribution >= 4 is 22.9 Å². The monoisotopic (exact) mass is 247 g/mol. The van der Waals surface area contributed by atoms with Crippen LogP contribution in [0.25, 0.3) is 11.0 Å². The molecule has 2 rings (SSSR count). The van der Waals surface area contributed by atoms with Gasteiger partial charge in [0, 0.05) is 31.4 Å². The molecular formula is C12H13N3O3. The zero-order valence-electron chi connectivity index (χ0n) is 9.88. The molecule has 2 aromatic rings. The lowest BCUT2D eigenvalue weighted by atomic mass is 10.2. The molecule has 0 unspecified atom stereocenters. The minimum Gasteiger partial charge on any atom is -0.481 e. The van der Waals surface area contributed by atoms with Crippen LogP contribution in [-0.2, 0) is 4.79 Å². The van der Waals surface area contributed by atoms with Crippen LogP contribution >= 0.6 is 0 Å². The summed E-state index contributed by atoms with van der Waals surface area (Å²) in [6.07, 6.45) is 3.17. The van der Waals surface area contributed by atoms with Crippen molar-refractivity contribution in [2.75, 3.05) is 13.6 Å². The third-order valence-electron chi connectivity index (χ3n) is 2.69. The molecule has 0 aliphatic heterocycles. The van der Waals surface area contributed by atoms with E-state index in [1.165, 1.54) is 4.90 Å². The molecule has 1 amide bonds. The zero-order valence-corrected chi connectivity index (χ0v) is 9.88. The molecule has 0 atom stereocenters. The number of aromatic nitrogens is 2. The molecule has 0 spiro atoms. The molecule has 94 valence electrons. The highest BCUT2D eigenvalue weighted by atomic mass is 16.4. The molecule has 18 heavy (non-hydrogen) atoms. The molecule has 0 aromatic carbocycles. The van der Waals surface area contributed by atoms with Gasteiger partial charge in [-0.1, -0.05) is 0 Å². The first-order valence-corrected chi connectivity index (χ1v) is 5.49. The quantitative estimate of drug-likeness (QED) is 0.847. The summed E-state index contributed by atoms with van der Waals surface area (Å²) < 4.78 is 0. The number of aliphatic carboxylic acids is 1. The van der Waals surface area contributed by atoms with Gasteiger partial charge in [-0.2, -0.15) is 0 Å². The van der Waals surface area contributed by atoms with Gasteiger partial charge in [-0.05, 0) is 12.1 Å². The minimum atomic E-state index is -0.921. The number of hydrogen-bond acceptors (Lipinski definition) is 3. The molecule has 0 radical (unpaired) electrons. The number of nitrogens with zero attached hydrogens (tertiary/aromatic N) is 2. The summed E-state index contributed by atoms with van der Waals surface area (Å²) in [4.78, 5) is 31.0. The first kappa shape index (κ1) is 12.1. The van der Waals surface area contributed by atoms with E-state index in [4.69, 9.17) is 5.11 Å². The maximum atomic E-state index is 12.1. The van der Waals surface area contributed by atoms with Crippen molar-refractivity contribution in [1.29, 1.82) is 0 Å². The number of H-pyrrole nitrogens is 1. The van der Waals surface area contributed by atoms with E-state index in [1.807, 2.05) is 0 Å². The van der Waals surface area contributed by atoms with Gasteiger partial charge in [0.25, 0.3) is 5.91 Å². The van der Waals surface area contributed by atoms with Crippen molar-refractivity contribution in [1.82, 2.24) is 14.9 Å².